The van der Waals surface area contributed by atoms with E-state index in [1.165, 1.54) is 0 Å². The second-order valence-corrected chi connectivity index (χ2v) is 6.85. The van der Waals surface area contributed by atoms with Gasteiger partial charge in [-0.25, -0.2) is 0 Å². The summed E-state index contributed by atoms with van der Waals surface area (Å²) >= 11 is 0. The minimum atomic E-state index is -0.156. The van der Waals surface area contributed by atoms with Gasteiger partial charge in [-0.2, -0.15) is 0 Å². The van der Waals surface area contributed by atoms with Crippen molar-refractivity contribution >= 4 is 11.6 Å². The van der Waals surface area contributed by atoms with E-state index in [4.69, 9.17) is 9.47 Å². The van der Waals surface area contributed by atoms with Gasteiger partial charge in [-0.15, -0.1) is 0 Å². The summed E-state index contributed by atoms with van der Waals surface area (Å²) in [6, 6.07) is 19.2. The third-order valence-electron chi connectivity index (χ3n) is 4.65. The van der Waals surface area contributed by atoms with E-state index < -0.39 is 0 Å². The summed E-state index contributed by atoms with van der Waals surface area (Å²) in [6.07, 6.45) is 0. The van der Waals surface area contributed by atoms with Crippen molar-refractivity contribution < 1.29 is 14.3 Å². The number of aryl methyl sites for hydroxylation is 3. The van der Waals surface area contributed by atoms with E-state index >= 15 is 0 Å². The lowest BCUT2D eigenvalue weighted by Crippen LogP contribution is -2.14. The Hall–Kier alpha value is -3.27. The molecule has 0 unspecified atom stereocenters. The maximum atomic E-state index is 12.8. The fraction of sp³-hybridized carbons (Fsp3) is 0.208. The Morgan fingerprint density at radius 3 is 2.32 bits per heavy atom. The molecular formula is C24H25NO3. The van der Waals surface area contributed by atoms with Gasteiger partial charge in [0.2, 0.25) is 0 Å². The van der Waals surface area contributed by atoms with Crippen LogP contribution in [0.5, 0.6) is 11.5 Å². The third kappa shape index (κ3) is 4.52. The normalized spacial score (nSPS) is 10.4. The van der Waals surface area contributed by atoms with Crippen molar-refractivity contribution in [1.82, 2.24) is 0 Å². The van der Waals surface area contributed by atoms with Gasteiger partial charge in [0.05, 0.1) is 7.11 Å². The first-order valence-corrected chi connectivity index (χ1v) is 9.22. The average molecular weight is 375 g/mol. The maximum absolute atomic E-state index is 12.8. The van der Waals surface area contributed by atoms with Gasteiger partial charge in [0.25, 0.3) is 5.91 Å². The molecule has 0 heterocycles. The van der Waals surface area contributed by atoms with Crippen molar-refractivity contribution in [2.45, 2.75) is 27.4 Å². The largest absolute Gasteiger partial charge is 0.496 e. The van der Waals surface area contributed by atoms with Crippen molar-refractivity contribution in [3.8, 4) is 11.5 Å². The number of nitrogens with one attached hydrogen (secondary N) is 1. The van der Waals surface area contributed by atoms with Crippen molar-refractivity contribution in [2.75, 3.05) is 12.4 Å². The molecule has 1 N–H and O–H groups in total. The lowest BCUT2D eigenvalue weighted by molar-refractivity contribution is 0.102. The highest BCUT2D eigenvalue weighted by molar-refractivity contribution is 6.05. The molecule has 0 saturated carbocycles. The minimum Gasteiger partial charge on any atom is -0.496 e. The van der Waals surface area contributed by atoms with Crippen LogP contribution >= 0.6 is 0 Å². The molecule has 3 rings (SSSR count). The maximum Gasteiger partial charge on any atom is 0.255 e. The van der Waals surface area contributed by atoms with E-state index in [1.54, 1.807) is 19.2 Å². The van der Waals surface area contributed by atoms with Gasteiger partial charge in [0.1, 0.15) is 18.1 Å². The van der Waals surface area contributed by atoms with Crippen LogP contribution in [-0.2, 0) is 6.61 Å². The number of ether oxygens (including phenoxy) is 2. The first-order valence-electron chi connectivity index (χ1n) is 9.22. The molecule has 3 aromatic carbocycles. The fourth-order valence-corrected chi connectivity index (χ4v) is 3.10. The molecule has 0 aliphatic carbocycles. The lowest BCUT2D eigenvalue weighted by Gasteiger charge is -2.14. The molecule has 0 aromatic heterocycles. The van der Waals surface area contributed by atoms with E-state index in [0.29, 0.717) is 17.9 Å². The van der Waals surface area contributed by atoms with Crippen molar-refractivity contribution in [2.24, 2.45) is 0 Å². The predicted octanol–water partition coefficient (Wildman–Crippen LogP) is 5.45. The molecule has 4 heteroatoms. The number of carbonyl (C=O) groups is 1. The molecule has 0 saturated heterocycles. The molecule has 0 spiro atoms. The summed E-state index contributed by atoms with van der Waals surface area (Å²) in [5, 5.41) is 3.02. The number of benzene rings is 3. The van der Waals surface area contributed by atoms with E-state index in [0.717, 1.165) is 33.7 Å². The second kappa shape index (κ2) is 8.61. The first-order chi connectivity index (χ1) is 13.5. The Balaban J connectivity index is 1.80. The number of methoxy groups -OCH3 is 1. The predicted molar refractivity (Wildman–Crippen MR) is 112 cm³/mol. The Morgan fingerprint density at radius 2 is 1.64 bits per heavy atom. The smallest absolute Gasteiger partial charge is 0.255 e. The molecule has 0 aliphatic heterocycles. The molecule has 0 bridgehead atoms. The van der Waals surface area contributed by atoms with Gasteiger partial charge in [-0.05, 0) is 67.8 Å². The van der Waals surface area contributed by atoms with Crippen LogP contribution in [0.3, 0.4) is 0 Å². The van der Waals surface area contributed by atoms with Crippen LogP contribution < -0.4 is 14.8 Å². The molecule has 144 valence electrons. The summed E-state index contributed by atoms with van der Waals surface area (Å²) in [4.78, 5) is 12.8. The SMILES string of the molecule is COc1ccc(C(=O)Nc2c(C)cccc2C)cc1COc1cccc(C)c1. The first kappa shape index (κ1) is 19.5. The van der Waals surface area contributed by atoms with Crippen molar-refractivity contribution in [1.29, 1.82) is 0 Å². The monoisotopic (exact) mass is 375 g/mol. The molecule has 3 aromatic rings. The minimum absolute atomic E-state index is 0.156. The van der Waals surface area contributed by atoms with Crippen LogP contribution in [0.15, 0.2) is 60.7 Å². The Kier molecular flexibility index (Phi) is 5.99. The Labute approximate surface area is 166 Å². The average Bonchev–Trinajstić information content (AvgIpc) is 2.69. The summed E-state index contributed by atoms with van der Waals surface area (Å²) in [6.45, 7) is 6.30. The highest BCUT2D eigenvalue weighted by Gasteiger charge is 2.13. The van der Waals surface area contributed by atoms with Gasteiger partial charge in [-0.3, -0.25) is 4.79 Å². The van der Waals surface area contributed by atoms with Crippen molar-refractivity contribution in [3.05, 3.63) is 88.5 Å². The van der Waals surface area contributed by atoms with Gasteiger partial charge in [0.15, 0.2) is 0 Å². The summed E-state index contributed by atoms with van der Waals surface area (Å²) in [5.41, 5.74) is 5.42. The number of para-hydroxylation sites is 1. The van der Waals surface area contributed by atoms with Crippen LogP contribution in [0.4, 0.5) is 5.69 Å². The Bertz CT molecular complexity index is 975. The van der Waals surface area contributed by atoms with E-state index in [9.17, 15) is 4.79 Å². The lowest BCUT2D eigenvalue weighted by atomic mass is 10.1. The quantitative estimate of drug-likeness (QED) is 0.623. The second-order valence-electron chi connectivity index (χ2n) is 6.85. The van der Waals surface area contributed by atoms with Crippen LogP contribution in [0.1, 0.15) is 32.6 Å². The van der Waals surface area contributed by atoms with Crippen LogP contribution in [0.25, 0.3) is 0 Å². The summed E-state index contributed by atoms with van der Waals surface area (Å²) in [5.74, 6) is 1.32. The molecule has 28 heavy (non-hydrogen) atoms. The van der Waals surface area contributed by atoms with Gasteiger partial charge >= 0.3 is 0 Å². The van der Waals surface area contributed by atoms with Gasteiger partial charge in [0, 0.05) is 16.8 Å². The number of amides is 1. The molecule has 0 atom stereocenters. The number of carbonyl (C=O) groups excluding carboxylic acids is 1. The summed E-state index contributed by atoms with van der Waals surface area (Å²) in [7, 11) is 1.61. The van der Waals surface area contributed by atoms with Gasteiger partial charge in [-0.1, -0.05) is 30.3 Å². The van der Waals surface area contributed by atoms with E-state index in [1.807, 2.05) is 69.3 Å². The fourth-order valence-electron chi connectivity index (χ4n) is 3.10. The standard InChI is InChI=1S/C24H25NO3/c1-16-7-5-10-21(13-16)28-15-20-14-19(11-12-22(20)27-4)24(26)25-23-17(2)8-6-9-18(23)3/h5-14H,15H2,1-4H3,(H,25,26). The molecule has 4 nitrogen and oxygen atoms in total. The zero-order valence-corrected chi connectivity index (χ0v) is 16.7. The molecule has 1 amide bonds. The number of hydrogen-bond donors (Lipinski definition) is 1. The van der Waals surface area contributed by atoms with Gasteiger partial charge < -0.3 is 14.8 Å². The number of hydrogen-bond acceptors (Lipinski definition) is 3. The Morgan fingerprint density at radius 1 is 0.929 bits per heavy atom. The van der Waals surface area contributed by atoms with E-state index in [2.05, 4.69) is 5.32 Å². The van der Waals surface area contributed by atoms with Crippen LogP contribution in [0, 0.1) is 20.8 Å². The molecular weight excluding hydrogens is 350 g/mol. The highest BCUT2D eigenvalue weighted by atomic mass is 16.5. The zero-order chi connectivity index (χ0) is 20.1. The highest BCUT2D eigenvalue weighted by Crippen LogP contribution is 2.25. The zero-order valence-electron chi connectivity index (χ0n) is 16.7. The van der Waals surface area contributed by atoms with E-state index in [-0.39, 0.29) is 5.91 Å². The third-order valence-corrected chi connectivity index (χ3v) is 4.65. The number of anilines is 1. The molecule has 0 aliphatic rings. The van der Waals surface area contributed by atoms with Crippen LogP contribution in [0.2, 0.25) is 0 Å². The topological polar surface area (TPSA) is 47.6 Å². The van der Waals surface area contributed by atoms with Crippen LogP contribution in [-0.4, -0.2) is 13.0 Å². The molecule has 0 radical (unpaired) electrons. The molecule has 0 fully saturated rings. The summed E-state index contributed by atoms with van der Waals surface area (Å²) < 4.78 is 11.3. The van der Waals surface area contributed by atoms with Crippen molar-refractivity contribution in [3.63, 3.8) is 0 Å². The number of rotatable bonds is 6.